The molecule has 0 amide bonds. The van der Waals surface area contributed by atoms with E-state index in [1.807, 2.05) is 0 Å². The van der Waals surface area contributed by atoms with Gasteiger partial charge < -0.3 is 10.5 Å². The van der Waals surface area contributed by atoms with E-state index in [0.29, 0.717) is 13.2 Å². The average molecular weight is 304 g/mol. The third-order valence-corrected chi connectivity index (χ3v) is 4.47. The van der Waals surface area contributed by atoms with Crippen molar-refractivity contribution in [2.45, 2.75) is 12.6 Å². The largest absolute Gasteiger partial charge is 0.385 e. The SMILES string of the molecule is N=C(N)C1CN(Cc2sccc2Br)CCO1. The van der Waals surface area contributed by atoms with Gasteiger partial charge in [-0.15, -0.1) is 11.3 Å². The van der Waals surface area contributed by atoms with Gasteiger partial charge in [-0.25, -0.2) is 0 Å². The van der Waals surface area contributed by atoms with Gasteiger partial charge >= 0.3 is 0 Å². The normalized spacial score (nSPS) is 22.2. The molecule has 1 saturated heterocycles. The molecule has 6 heteroatoms. The van der Waals surface area contributed by atoms with Gasteiger partial charge in [0.05, 0.1) is 6.61 Å². The Balaban J connectivity index is 1.95. The molecule has 1 aromatic rings. The first-order valence-electron chi connectivity index (χ1n) is 5.06. The van der Waals surface area contributed by atoms with E-state index in [2.05, 4.69) is 32.3 Å². The van der Waals surface area contributed by atoms with Crippen LogP contribution in [0.1, 0.15) is 4.88 Å². The van der Waals surface area contributed by atoms with Gasteiger partial charge in [0.2, 0.25) is 0 Å². The molecule has 16 heavy (non-hydrogen) atoms. The second-order valence-electron chi connectivity index (χ2n) is 3.74. The molecule has 2 rings (SSSR count). The zero-order chi connectivity index (χ0) is 11.5. The zero-order valence-corrected chi connectivity index (χ0v) is 11.2. The Morgan fingerprint density at radius 2 is 2.56 bits per heavy atom. The van der Waals surface area contributed by atoms with Crippen LogP contribution in [0.3, 0.4) is 0 Å². The maximum Gasteiger partial charge on any atom is 0.127 e. The van der Waals surface area contributed by atoms with Crippen molar-refractivity contribution in [2.75, 3.05) is 19.7 Å². The molecule has 1 aliphatic heterocycles. The summed E-state index contributed by atoms with van der Waals surface area (Å²) in [6.45, 7) is 3.15. The lowest BCUT2D eigenvalue weighted by molar-refractivity contribution is 0.00267. The summed E-state index contributed by atoms with van der Waals surface area (Å²) in [5.74, 6) is 0.120. The molecule has 88 valence electrons. The van der Waals surface area contributed by atoms with Crippen molar-refractivity contribution in [1.29, 1.82) is 5.41 Å². The van der Waals surface area contributed by atoms with E-state index in [1.54, 1.807) is 11.3 Å². The number of ether oxygens (including phenoxy) is 1. The second kappa shape index (κ2) is 5.27. The quantitative estimate of drug-likeness (QED) is 0.659. The molecule has 0 bridgehead atoms. The maximum absolute atomic E-state index is 7.39. The molecule has 0 saturated carbocycles. The highest BCUT2D eigenvalue weighted by Gasteiger charge is 2.23. The molecule has 2 heterocycles. The van der Waals surface area contributed by atoms with Crippen LogP contribution in [0.15, 0.2) is 15.9 Å². The highest BCUT2D eigenvalue weighted by molar-refractivity contribution is 9.10. The highest BCUT2D eigenvalue weighted by Crippen LogP contribution is 2.24. The van der Waals surface area contributed by atoms with Gasteiger partial charge in [-0.05, 0) is 27.4 Å². The number of hydrogen-bond donors (Lipinski definition) is 2. The second-order valence-corrected chi connectivity index (χ2v) is 5.60. The van der Waals surface area contributed by atoms with Gasteiger partial charge in [0.1, 0.15) is 11.9 Å². The van der Waals surface area contributed by atoms with E-state index in [0.717, 1.165) is 17.6 Å². The minimum atomic E-state index is -0.243. The summed E-state index contributed by atoms with van der Waals surface area (Å²) in [7, 11) is 0. The Kier molecular flexibility index (Phi) is 3.96. The molecule has 1 unspecified atom stereocenters. The molecule has 1 atom stereocenters. The van der Waals surface area contributed by atoms with E-state index in [-0.39, 0.29) is 11.9 Å². The van der Waals surface area contributed by atoms with Crippen molar-refractivity contribution in [1.82, 2.24) is 4.90 Å². The fourth-order valence-electron chi connectivity index (χ4n) is 1.68. The monoisotopic (exact) mass is 303 g/mol. The van der Waals surface area contributed by atoms with E-state index < -0.39 is 0 Å². The van der Waals surface area contributed by atoms with Gasteiger partial charge in [-0.2, -0.15) is 0 Å². The minimum Gasteiger partial charge on any atom is -0.385 e. The van der Waals surface area contributed by atoms with Gasteiger partial charge in [-0.3, -0.25) is 10.3 Å². The number of rotatable bonds is 3. The van der Waals surface area contributed by atoms with Crippen molar-refractivity contribution in [3.63, 3.8) is 0 Å². The minimum absolute atomic E-state index is 0.120. The molecular formula is C10H14BrN3OS. The summed E-state index contributed by atoms with van der Waals surface area (Å²) in [5, 5.41) is 9.46. The fraction of sp³-hybridized carbons (Fsp3) is 0.500. The number of thiophene rings is 1. The summed E-state index contributed by atoms with van der Waals surface area (Å²) >= 11 is 5.26. The average Bonchev–Trinajstić information content (AvgIpc) is 2.65. The Morgan fingerprint density at radius 1 is 1.75 bits per heavy atom. The third kappa shape index (κ3) is 2.82. The molecule has 3 N–H and O–H groups in total. The molecule has 1 aliphatic rings. The van der Waals surface area contributed by atoms with E-state index in [4.69, 9.17) is 15.9 Å². The van der Waals surface area contributed by atoms with Crippen LogP contribution in [0.25, 0.3) is 0 Å². The highest BCUT2D eigenvalue weighted by atomic mass is 79.9. The van der Waals surface area contributed by atoms with Gasteiger partial charge in [0.15, 0.2) is 0 Å². The topological polar surface area (TPSA) is 62.3 Å². The van der Waals surface area contributed by atoms with Crippen LogP contribution in [0.4, 0.5) is 0 Å². The smallest absolute Gasteiger partial charge is 0.127 e. The van der Waals surface area contributed by atoms with Crippen molar-refractivity contribution in [2.24, 2.45) is 5.73 Å². The Morgan fingerprint density at radius 3 is 3.19 bits per heavy atom. The number of nitrogens with one attached hydrogen (secondary N) is 1. The number of amidine groups is 1. The van der Waals surface area contributed by atoms with Crippen LogP contribution >= 0.6 is 27.3 Å². The van der Waals surface area contributed by atoms with Crippen LogP contribution in [-0.2, 0) is 11.3 Å². The first-order chi connectivity index (χ1) is 7.66. The van der Waals surface area contributed by atoms with Gasteiger partial charge in [-0.1, -0.05) is 0 Å². The first kappa shape index (κ1) is 12.0. The first-order valence-corrected chi connectivity index (χ1v) is 6.74. The number of hydrogen-bond acceptors (Lipinski definition) is 4. The Hall–Kier alpha value is -0.430. The van der Waals surface area contributed by atoms with Gasteiger partial charge in [0, 0.05) is 29.0 Å². The zero-order valence-electron chi connectivity index (χ0n) is 8.78. The van der Waals surface area contributed by atoms with E-state index in [9.17, 15) is 0 Å². The summed E-state index contributed by atoms with van der Waals surface area (Å²) in [4.78, 5) is 3.58. The van der Waals surface area contributed by atoms with Crippen LogP contribution in [-0.4, -0.2) is 36.5 Å². The lowest BCUT2D eigenvalue weighted by Crippen LogP contribution is -2.47. The maximum atomic E-state index is 7.39. The van der Waals surface area contributed by atoms with Crippen molar-refractivity contribution in [3.05, 3.63) is 20.8 Å². The van der Waals surface area contributed by atoms with Crippen LogP contribution in [0.2, 0.25) is 0 Å². The fourth-order valence-corrected chi connectivity index (χ4v) is 3.19. The number of halogens is 1. The molecular weight excluding hydrogens is 290 g/mol. The summed E-state index contributed by atoms with van der Waals surface area (Å²) in [6.07, 6.45) is -0.243. The molecule has 0 aromatic carbocycles. The van der Waals surface area contributed by atoms with Crippen molar-refractivity contribution in [3.8, 4) is 0 Å². The summed E-state index contributed by atoms with van der Waals surface area (Å²) in [6, 6.07) is 2.06. The van der Waals surface area contributed by atoms with Crippen LogP contribution in [0.5, 0.6) is 0 Å². The number of nitrogens with two attached hydrogens (primary N) is 1. The lowest BCUT2D eigenvalue weighted by atomic mass is 10.2. The summed E-state index contributed by atoms with van der Waals surface area (Å²) in [5.41, 5.74) is 5.46. The van der Waals surface area contributed by atoms with Crippen molar-refractivity contribution >= 4 is 33.1 Å². The van der Waals surface area contributed by atoms with Crippen LogP contribution in [0, 0.1) is 5.41 Å². The van der Waals surface area contributed by atoms with Crippen molar-refractivity contribution < 1.29 is 4.74 Å². The molecule has 0 radical (unpaired) electrons. The molecule has 0 spiro atoms. The Bertz CT molecular complexity index is 382. The Labute approximate surface area is 107 Å². The third-order valence-electron chi connectivity index (χ3n) is 2.56. The number of morpholine rings is 1. The summed E-state index contributed by atoms with van der Waals surface area (Å²) < 4.78 is 6.58. The van der Waals surface area contributed by atoms with Crippen LogP contribution < -0.4 is 5.73 Å². The number of nitrogens with zero attached hydrogens (tertiary/aromatic N) is 1. The molecule has 0 aliphatic carbocycles. The predicted molar refractivity (Wildman–Crippen MR) is 69.0 cm³/mol. The standard InChI is InChI=1S/C10H14BrN3OS/c11-7-1-4-16-9(7)6-14-2-3-15-8(5-14)10(12)13/h1,4,8H,2-3,5-6H2,(H3,12,13). The molecule has 1 aromatic heterocycles. The van der Waals surface area contributed by atoms with Gasteiger partial charge in [0.25, 0.3) is 0 Å². The van der Waals surface area contributed by atoms with E-state index >= 15 is 0 Å². The molecule has 1 fully saturated rings. The molecule has 4 nitrogen and oxygen atoms in total. The van der Waals surface area contributed by atoms with E-state index in [1.165, 1.54) is 4.88 Å². The predicted octanol–water partition coefficient (Wildman–Crippen LogP) is 1.65. The lowest BCUT2D eigenvalue weighted by Gasteiger charge is -2.31.